The minimum Gasteiger partial charge on any atom is -0.397 e. The molecule has 0 atom stereocenters. The highest BCUT2D eigenvalue weighted by Gasteiger charge is 2.13. The SMILES string of the molecule is Nc1ccc(C(=O)Nc2cc(F)c(Br)cc2F)nc1. The first-order valence-corrected chi connectivity index (χ1v) is 5.94. The quantitative estimate of drug-likeness (QED) is 0.833. The number of halogens is 3. The molecule has 1 aromatic carbocycles. The number of nitrogens with two attached hydrogens (primary N) is 1. The average Bonchev–Trinajstić information content (AvgIpc) is 2.36. The fourth-order valence-electron chi connectivity index (χ4n) is 1.34. The number of carbonyl (C=O) groups is 1. The van der Waals surface area contributed by atoms with Crippen LogP contribution in [0.4, 0.5) is 20.2 Å². The summed E-state index contributed by atoms with van der Waals surface area (Å²) in [5, 5.41) is 2.24. The Balaban J connectivity index is 2.24. The van der Waals surface area contributed by atoms with E-state index in [0.717, 1.165) is 12.1 Å². The molecule has 3 N–H and O–H groups in total. The molecule has 0 spiro atoms. The molecule has 2 rings (SSSR count). The van der Waals surface area contributed by atoms with Crippen LogP contribution in [0.15, 0.2) is 34.9 Å². The van der Waals surface area contributed by atoms with Crippen LogP contribution < -0.4 is 11.1 Å². The van der Waals surface area contributed by atoms with Gasteiger partial charge in [-0.15, -0.1) is 0 Å². The minimum atomic E-state index is -0.753. The Labute approximate surface area is 115 Å². The van der Waals surface area contributed by atoms with Crippen LogP contribution in [0.3, 0.4) is 0 Å². The van der Waals surface area contributed by atoms with Gasteiger partial charge in [0, 0.05) is 6.07 Å². The number of nitrogens with one attached hydrogen (secondary N) is 1. The molecule has 0 unspecified atom stereocenters. The molecule has 0 fully saturated rings. The molecular formula is C12H8BrF2N3O. The molecule has 4 nitrogen and oxygen atoms in total. The molecule has 2 aromatic rings. The second-order valence-corrected chi connectivity index (χ2v) is 4.53. The molecule has 1 amide bonds. The number of hydrogen-bond donors (Lipinski definition) is 2. The molecule has 0 radical (unpaired) electrons. The lowest BCUT2D eigenvalue weighted by Gasteiger charge is -2.07. The van der Waals surface area contributed by atoms with Crippen LogP contribution in [0.5, 0.6) is 0 Å². The summed E-state index contributed by atoms with van der Waals surface area (Å²) in [5.74, 6) is -2.08. The second-order valence-electron chi connectivity index (χ2n) is 3.68. The highest BCUT2D eigenvalue weighted by atomic mass is 79.9. The summed E-state index contributed by atoms with van der Waals surface area (Å²) in [7, 11) is 0. The summed E-state index contributed by atoms with van der Waals surface area (Å²) < 4.78 is 26.8. The number of nitrogens with zero attached hydrogens (tertiary/aromatic N) is 1. The number of hydrogen-bond acceptors (Lipinski definition) is 3. The van der Waals surface area contributed by atoms with Gasteiger partial charge in [0.25, 0.3) is 5.91 Å². The third kappa shape index (κ3) is 3.05. The predicted octanol–water partition coefficient (Wildman–Crippen LogP) is 2.96. The van der Waals surface area contributed by atoms with Gasteiger partial charge in [-0.3, -0.25) is 4.79 Å². The molecule has 0 aliphatic carbocycles. The number of anilines is 2. The normalized spacial score (nSPS) is 10.3. The summed E-state index contributed by atoms with van der Waals surface area (Å²) in [4.78, 5) is 15.5. The fourth-order valence-corrected chi connectivity index (χ4v) is 1.66. The van der Waals surface area contributed by atoms with E-state index in [4.69, 9.17) is 5.73 Å². The van der Waals surface area contributed by atoms with Crippen molar-refractivity contribution in [1.82, 2.24) is 4.98 Å². The average molecular weight is 328 g/mol. The monoisotopic (exact) mass is 327 g/mol. The number of amides is 1. The zero-order valence-corrected chi connectivity index (χ0v) is 11.0. The highest BCUT2D eigenvalue weighted by molar-refractivity contribution is 9.10. The van der Waals surface area contributed by atoms with Gasteiger partial charge in [-0.1, -0.05) is 0 Å². The zero-order valence-electron chi connectivity index (χ0n) is 9.45. The summed E-state index contributed by atoms with van der Waals surface area (Å²) >= 11 is 2.85. The molecule has 0 bridgehead atoms. The van der Waals surface area contributed by atoms with Gasteiger partial charge in [0.05, 0.1) is 22.0 Å². The third-order valence-corrected chi connectivity index (χ3v) is 2.88. The minimum absolute atomic E-state index is 0.0198. The van der Waals surface area contributed by atoms with E-state index in [1.54, 1.807) is 0 Å². The summed E-state index contributed by atoms with van der Waals surface area (Å²) in [6, 6.07) is 4.69. The molecule has 98 valence electrons. The van der Waals surface area contributed by atoms with Gasteiger partial charge in [0.15, 0.2) is 0 Å². The Morgan fingerprint density at radius 2 is 2.00 bits per heavy atom. The van der Waals surface area contributed by atoms with Crippen molar-refractivity contribution in [2.45, 2.75) is 0 Å². The lowest BCUT2D eigenvalue weighted by atomic mass is 10.2. The first-order valence-electron chi connectivity index (χ1n) is 5.15. The van der Waals surface area contributed by atoms with E-state index < -0.39 is 17.5 Å². The Bertz CT molecular complexity index is 632. The van der Waals surface area contributed by atoms with Crippen molar-refractivity contribution >= 4 is 33.2 Å². The molecule has 19 heavy (non-hydrogen) atoms. The molecule has 1 aromatic heterocycles. The predicted molar refractivity (Wildman–Crippen MR) is 70.7 cm³/mol. The lowest BCUT2D eigenvalue weighted by Crippen LogP contribution is -2.15. The van der Waals surface area contributed by atoms with Crippen molar-refractivity contribution in [2.24, 2.45) is 0 Å². The van der Waals surface area contributed by atoms with Crippen molar-refractivity contribution in [2.75, 3.05) is 11.1 Å². The maximum atomic E-state index is 13.5. The van der Waals surface area contributed by atoms with E-state index in [-0.39, 0.29) is 15.9 Å². The Morgan fingerprint density at radius 1 is 1.26 bits per heavy atom. The van der Waals surface area contributed by atoms with Crippen LogP contribution in [-0.2, 0) is 0 Å². The Hall–Kier alpha value is -2.02. The Kier molecular flexibility index (Phi) is 3.75. The maximum Gasteiger partial charge on any atom is 0.274 e. The van der Waals surface area contributed by atoms with E-state index in [0.29, 0.717) is 5.69 Å². The lowest BCUT2D eigenvalue weighted by molar-refractivity contribution is 0.102. The van der Waals surface area contributed by atoms with Gasteiger partial charge >= 0.3 is 0 Å². The summed E-state index contributed by atoms with van der Waals surface area (Å²) in [5.41, 5.74) is 5.62. The van der Waals surface area contributed by atoms with E-state index in [2.05, 4.69) is 26.2 Å². The fraction of sp³-hybridized carbons (Fsp3) is 0. The van der Waals surface area contributed by atoms with Gasteiger partial charge in [-0.25, -0.2) is 13.8 Å². The summed E-state index contributed by atoms with van der Waals surface area (Å²) in [6.07, 6.45) is 1.30. The van der Waals surface area contributed by atoms with Crippen molar-refractivity contribution in [3.8, 4) is 0 Å². The smallest absolute Gasteiger partial charge is 0.274 e. The molecule has 7 heteroatoms. The van der Waals surface area contributed by atoms with Gasteiger partial charge in [-0.05, 0) is 34.1 Å². The summed E-state index contributed by atoms with van der Waals surface area (Å²) in [6.45, 7) is 0. The highest BCUT2D eigenvalue weighted by Crippen LogP contribution is 2.23. The van der Waals surface area contributed by atoms with Crippen molar-refractivity contribution in [1.29, 1.82) is 0 Å². The van der Waals surface area contributed by atoms with Gasteiger partial charge in [-0.2, -0.15) is 0 Å². The number of benzene rings is 1. The topological polar surface area (TPSA) is 68.0 Å². The van der Waals surface area contributed by atoms with Crippen LogP contribution in [0.1, 0.15) is 10.5 Å². The van der Waals surface area contributed by atoms with Crippen LogP contribution in [0, 0.1) is 11.6 Å². The first-order chi connectivity index (χ1) is 8.97. The van der Waals surface area contributed by atoms with Crippen molar-refractivity contribution in [3.05, 3.63) is 52.3 Å². The van der Waals surface area contributed by atoms with Crippen LogP contribution in [-0.4, -0.2) is 10.9 Å². The van der Waals surface area contributed by atoms with Crippen LogP contribution in [0.2, 0.25) is 0 Å². The first kappa shape index (κ1) is 13.4. The van der Waals surface area contributed by atoms with Crippen LogP contribution >= 0.6 is 15.9 Å². The standard InChI is InChI=1S/C12H8BrF2N3O/c13-7-3-9(15)11(4-8(7)14)18-12(19)10-2-1-6(16)5-17-10/h1-5H,16H2,(H,18,19). The van der Waals surface area contributed by atoms with Crippen molar-refractivity contribution < 1.29 is 13.6 Å². The van der Waals surface area contributed by atoms with Gasteiger partial charge in [0.1, 0.15) is 17.3 Å². The van der Waals surface area contributed by atoms with Gasteiger partial charge in [0.2, 0.25) is 0 Å². The van der Waals surface area contributed by atoms with E-state index in [1.165, 1.54) is 18.3 Å². The molecule has 0 aliphatic rings. The molecule has 0 aliphatic heterocycles. The molecule has 0 saturated carbocycles. The maximum absolute atomic E-state index is 13.5. The number of aromatic nitrogens is 1. The van der Waals surface area contributed by atoms with E-state index in [9.17, 15) is 13.6 Å². The Morgan fingerprint density at radius 3 is 2.63 bits per heavy atom. The number of nitrogen functional groups attached to an aromatic ring is 1. The molecular weight excluding hydrogens is 320 g/mol. The number of rotatable bonds is 2. The number of pyridine rings is 1. The molecule has 1 heterocycles. The van der Waals surface area contributed by atoms with Gasteiger partial charge < -0.3 is 11.1 Å². The zero-order chi connectivity index (χ0) is 14.0. The van der Waals surface area contributed by atoms with Crippen LogP contribution in [0.25, 0.3) is 0 Å². The third-order valence-electron chi connectivity index (χ3n) is 2.28. The number of carbonyl (C=O) groups excluding carboxylic acids is 1. The van der Waals surface area contributed by atoms with Crippen molar-refractivity contribution in [3.63, 3.8) is 0 Å². The second kappa shape index (κ2) is 5.31. The van der Waals surface area contributed by atoms with E-state index >= 15 is 0 Å². The molecule has 0 saturated heterocycles. The largest absolute Gasteiger partial charge is 0.397 e. The van der Waals surface area contributed by atoms with E-state index in [1.807, 2.05) is 0 Å².